The number of hydrogen-bond donors (Lipinski definition) is 2. The van der Waals surface area contributed by atoms with Crippen LogP contribution in [0, 0.1) is 5.82 Å². The molecule has 148 valence electrons. The number of benzene rings is 2. The molecule has 0 aliphatic carbocycles. The van der Waals surface area contributed by atoms with E-state index in [1.807, 2.05) is 30.3 Å². The summed E-state index contributed by atoms with van der Waals surface area (Å²) in [6.45, 7) is 4.43. The first-order valence-electron chi connectivity index (χ1n) is 8.91. The molecule has 0 aromatic heterocycles. The molecular formula is C20H22FN3O3S. The van der Waals surface area contributed by atoms with Crippen LogP contribution in [0.15, 0.2) is 66.1 Å². The molecule has 2 N–H and O–H groups in total. The number of nitrogens with zero attached hydrogens (tertiary/aromatic N) is 1. The smallest absolute Gasteiger partial charge is 0.253 e. The number of likely N-dealkylation sites (tertiary alicyclic amines) is 1. The number of sulfonamides is 1. The highest BCUT2D eigenvalue weighted by molar-refractivity contribution is 7.89. The van der Waals surface area contributed by atoms with Gasteiger partial charge < -0.3 is 10.2 Å². The normalized spacial score (nSPS) is 16.8. The second-order valence-corrected chi connectivity index (χ2v) is 8.27. The van der Waals surface area contributed by atoms with Gasteiger partial charge in [0.2, 0.25) is 10.0 Å². The largest absolute Gasteiger partial charge is 0.380 e. The summed E-state index contributed by atoms with van der Waals surface area (Å²) in [6.07, 6.45) is 2.13. The van der Waals surface area contributed by atoms with E-state index in [2.05, 4.69) is 16.6 Å². The van der Waals surface area contributed by atoms with E-state index in [0.717, 1.165) is 24.2 Å². The maximum absolute atomic E-state index is 14.1. The third kappa shape index (κ3) is 4.58. The van der Waals surface area contributed by atoms with Crippen LogP contribution in [-0.2, 0) is 10.0 Å². The van der Waals surface area contributed by atoms with Gasteiger partial charge in [-0.1, -0.05) is 24.3 Å². The summed E-state index contributed by atoms with van der Waals surface area (Å²) < 4.78 is 40.7. The summed E-state index contributed by atoms with van der Waals surface area (Å²) in [4.78, 5) is 13.9. The first kappa shape index (κ1) is 20.0. The van der Waals surface area contributed by atoms with E-state index >= 15 is 0 Å². The second-order valence-electron chi connectivity index (χ2n) is 6.53. The molecule has 0 radical (unpaired) electrons. The number of carbonyl (C=O) groups excluding carboxylic acids is 1. The van der Waals surface area contributed by atoms with Gasteiger partial charge in [0, 0.05) is 36.9 Å². The zero-order valence-corrected chi connectivity index (χ0v) is 16.1. The van der Waals surface area contributed by atoms with Crippen molar-refractivity contribution in [2.24, 2.45) is 0 Å². The van der Waals surface area contributed by atoms with E-state index in [9.17, 15) is 17.6 Å². The molecule has 28 heavy (non-hydrogen) atoms. The van der Waals surface area contributed by atoms with Crippen molar-refractivity contribution in [2.45, 2.75) is 17.4 Å². The molecular weight excluding hydrogens is 381 g/mol. The SMILES string of the molecule is C=CCNS(=O)(=O)c1cc(C(=O)N2CCC(Nc3ccccc3)C2)ccc1F. The van der Waals surface area contributed by atoms with Crippen LogP contribution in [-0.4, -0.2) is 44.9 Å². The van der Waals surface area contributed by atoms with Crippen LogP contribution in [0.25, 0.3) is 0 Å². The molecule has 1 aliphatic heterocycles. The molecule has 1 heterocycles. The van der Waals surface area contributed by atoms with Gasteiger partial charge in [-0.3, -0.25) is 4.79 Å². The highest BCUT2D eigenvalue weighted by atomic mass is 32.2. The van der Waals surface area contributed by atoms with Crippen molar-refractivity contribution < 1.29 is 17.6 Å². The summed E-state index contributed by atoms with van der Waals surface area (Å²) >= 11 is 0. The number of hydrogen-bond acceptors (Lipinski definition) is 4. The molecule has 3 rings (SSSR count). The van der Waals surface area contributed by atoms with Crippen LogP contribution < -0.4 is 10.0 Å². The van der Waals surface area contributed by atoms with Gasteiger partial charge in [-0.05, 0) is 36.8 Å². The van der Waals surface area contributed by atoms with Crippen molar-refractivity contribution in [3.8, 4) is 0 Å². The van der Waals surface area contributed by atoms with Gasteiger partial charge in [-0.25, -0.2) is 17.5 Å². The van der Waals surface area contributed by atoms with E-state index in [1.54, 1.807) is 4.90 Å². The minimum absolute atomic E-state index is 0.0289. The van der Waals surface area contributed by atoms with Gasteiger partial charge in [0.25, 0.3) is 5.91 Å². The first-order chi connectivity index (χ1) is 13.4. The fraction of sp³-hybridized carbons (Fsp3) is 0.250. The molecule has 8 heteroatoms. The van der Waals surface area contributed by atoms with E-state index in [4.69, 9.17) is 0 Å². The van der Waals surface area contributed by atoms with Crippen LogP contribution in [0.5, 0.6) is 0 Å². The highest BCUT2D eigenvalue weighted by Gasteiger charge is 2.28. The Hall–Kier alpha value is -2.71. The number of carbonyl (C=O) groups is 1. The van der Waals surface area contributed by atoms with E-state index in [0.29, 0.717) is 13.1 Å². The van der Waals surface area contributed by atoms with Crippen molar-refractivity contribution in [1.29, 1.82) is 0 Å². The number of halogens is 1. The Balaban J connectivity index is 1.73. The third-order valence-electron chi connectivity index (χ3n) is 4.51. The first-order valence-corrected chi connectivity index (χ1v) is 10.4. The Morgan fingerprint density at radius 3 is 2.71 bits per heavy atom. The minimum atomic E-state index is -4.06. The molecule has 6 nitrogen and oxygen atoms in total. The Kier molecular flexibility index (Phi) is 6.11. The van der Waals surface area contributed by atoms with Crippen LogP contribution >= 0.6 is 0 Å². The monoisotopic (exact) mass is 403 g/mol. The third-order valence-corrected chi connectivity index (χ3v) is 5.94. The summed E-state index contributed by atoms with van der Waals surface area (Å²) in [5.74, 6) is -1.23. The van der Waals surface area contributed by atoms with Gasteiger partial charge >= 0.3 is 0 Å². The van der Waals surface area contributed by atoms with Crippen LogP contribution in [0.1, 0.15) is 16.8 Å². The molecule has 0 bridgehead atoms. The van der Waals surface area contributed by atoms with Crippen LogP contribution in [0.3, 0.4) is 0 Å². The molecule has 1 fully saturated rings. The maximum atomic E-state index is 14.1. The van der Waals surface area contributed by atoms with Crippen molar-refractivity contribution in [2.75, 3.05) is 25.0 Å². The van der Waals surface area contributed by atoms with Crippen molar-refractivity contribution in [3.05, 3.63) is 72.6 Å². The Morgan fingerprint density at radius 2 is 2.00 bits per heavy atom. The summed E-state index contributed by atoms with van der Waals surface area (Å²) in [7, 11) is -4.06. The number of anilines is 1. The van der Waals surface area contributed by atoms with Crippen molar-refractivity contribution >= 4 is 21.6 Å². The molecule has 1 aliphatic rings. The molecule has 1 saturated heterocycles. The molecule has 2 aromatic carbocycles. The maximum Gasteiger partial charge on any atom is 0.253 e. The van der Waals surface area contributed by atoms with Gasteiger partial charge in [0.1, 0.15) is 10.7 Å². The fourth-order valence-electron chi connectivity index (χ4n) is 3.10. The number of amides is 1. The van der Waals surface area contributed by atoms with Gasteiger partial charge in [-0.15, -0.1) is 6.58 Å². The fourth-order valence-corrected chi connectivity index (χ4v) is 4.20. The average molecular weight is 403 g/mol. The van der Waals surface area contributed by atoms with E-state index in [-0.39, 0.29) is 24.1 Å². The second kappa shape index (κ2) is 8.53. The number of para-hydroxylation sites is 1. The van der Waals surface area contributed by atoms with Gasteiger partial charge in [0.05, 0.1) is 0 Å². The molecule has 1 unspecified atom stereocenters. The molecule has 1 atom stereocenters. The number of rotatable bonds is 7. The minimum Gasteiger partial charge on any atom is -0.380 e. The summed E-state index contributed by atoms with van der Waals surface area (Å²) in [5, 5.41) is 3.38. The van der Waals surface area contributed by atoms with Crippen molar-refractivity contribution in [1.82, 2.24) is 9.62 Å². The quantitative estimate of drug-likeness (QED) is 0.697. The number of nitrogens with one attached hydrogen (secondary N) is 2. The Morgan fingerprint density at radius 1 is 1.25 bits per heavy atom. The van der Waals surface area contributed by atoms with Gasteiger partial charge in [-0.2, -0.15) is 0 Å². The predicted octanol–water partition coefficient (Wildman–Crippen LogP) is 2.62. The van der Waals surface area contributed by atoms with E-state index < -0.39 is 20.7 Å². The van der Waals surface area contributed by atoms with Gasteiger partial charge in [0.15, 0.2) is 0 Å². The average Bonchev–Trinajstić information content (AvgIpc) is 3.15. The zero-order chi connectivity index (χ0) is 20.1. The van der Waals surface area contributed by atoms with Crippen molar-refractivity contribution in [3.63, 3.8) is 0 Å². The molecule has 0 saturated carbocycles. The predicted molar refractivity (Wildman–Crippen MR) is 106 cm³/mol. The topological polar surface area (TPSA) is 78.5 Å². The summed E-state index contributed by atoms with van der Waals surface area (Å²) in [5.41, 5.74) is 1.12. The molecule has 0 spiro atoms. The lowest BCUT2D eigenvalue weighted by atomic mass is 10.2. The Labute approximate surface area is 164 Å². The zero-order valence-electron chi connectivity index (χ0n) is 15.3. The van der Waals surface area contributed by atoms with Crippen LogP contribution in [0.4, 0.5) is 10.1 Å². The lowest BCUT2D eigenvalue weighted by Crippen LogP contribution is -2.32. The Bertz CT molecular complexity index is 964. The standard InChI is InChI=1S/C20H22FN3O3S/c1-2-11-22-28(26,27)19-13-15(8-9-18(19)21)20(25)24-12-10-17(14-24)23-16-6-4-3-5-7-16/h2-9,13,17,22-23H,1,10-12,14H2. The lowest BCUT2D eigenvalue weighted by Gasteiger charge is -2.18. The summed E-state index contributed by atoms with van der Waals surface area (Å²) in [6, 6.07) is 13.2. The van der Waals surface area contributed by atoms with Crippen LogP contribution in [0.2, 0.25) is 0 Å². The molecule has 2 aromatic rings. The lowest BCUT2D eigenvalue weighted by molar-refractivity contribution is 0.0791. The highest BCUT2D eigenvalue weighted by Crippen LogP contribution is 2.21. The molecule has 1 amide bonds. The van der Waals surface area contributed by atoms with E-state index in [1.165, 1.54) is 12.1 Å².